The van der Waals surface area contributed by atoms with Crippen LogP contribution in [0.3, 0.4) is 0 Å². The normalized spacial score (nSPS) is 13.5. The maximum atomic E-state index is 12.6. The number of fused-ring (bicyclic) bond motifs is 1. The monoisotopic (exact) mass is 465 g/mol. The number of thioether (sulfide) groups is 1. The highest BCUT2D eigenvalue weighted by molar-refractivity contribution is 7.99. The Morgan fingerprint density at radius 3 is 2.88 bits per heavy atom. The Labute approximate surface area is 194 Å². The lowest BCUT2D eigenvalue weighted by Gasteiger charge is -2.09. The maximum absolute atomic E-state index is 12.6. The number of hydrogen-bond acceptors (Lipinski definition) is 7. The average molecular weight is 466 g/mol. The molecule has 3 aromatic heterocycles. The first-order valence-electron chi connectivity index (χ1n) is 10.6. The second-order valence-electron chi connectivity index (χ2n) is 7.66. The third-order valence-corrected chi connectivity index (χ3v) is 7.31. The summed E-state index contributed by atoms with van der Waals surface area (Å²) in [6.07, 6.45) is 4.49. The summed E-state index contributed by atoms with van der Waals surface area (Å²) in [5.74, 6) is 2.89. The quantitative estimate of drug-likeness (QED) is 0.428. The highest BCUT2D eigenvalue weighted by Crippen LogP contribution is 2.27. The van der Waals surface area contributed by atoms with Crippen molar-refractivity contribution < 1.29 is 4.79 Å². The van der Waals surface area contributed by atoms with E-state index in [0.717, 1.165) is 59.4 Å². The van der Waals surface area contributed by atoms with Gasteiger partial charge >= 0.3 is 0 Å². The van der Waals surface area contributed by atoms with Crippen LogP contribution in [0.15, 0.2) is 46.9 Å². The van der Waals surface area contributed by atoms with E-state index in [9.17, 15) is 4.79 Å². The number of amides is 1. The van der Waals surface area contributed by atoms with E-state index < -0.39 is 0 Å². The van der Waals surface area contributed by atoms with E-state index in [1.54, 1.807) is 11.3 Å². The summed E-state index contributed by atoms with van der Waals surface area (Å²) in [6, 6.07) is 11.8. The molecule has 0 unspecified atom stereocenters. The SMILES string of the molecule is Cn1c(SCC(=O)Nc2cccc(-c3nnc4n3CCCCC4)c2)nnc1-c1cccs1. The Morgan fingerprint density at radius 2 is 2.00 bits per heavy atom. The molecule has 1 amide bonds. The zero-order valence-corrected chi connectivity index (χ0v) is 19.3. The van der Waals surface area contributed by atoms with Crippen LogP contribution in [0.25, 0.3) is 22.1 Å². The summed E-state index contributed by atoms with van der Waals surface area (Å²) in [4.78, 5) is 13.6. The minimum absolute atomic E-state index is 0.0899. The Kier molecular flexibility index (Phi) is 6.04. The molecule has 5 rings (SSSR count). The second kappa shape index (κ2) is 9.25. The van der Waals surface area contributed by atoms with Crippen LogP contribution in [0.2, 0.25) is 0 Å². The molecule has 1 aliphatic rings. The third kappa shape index (κ3) is 4.33. The number of aromatic nitrogens is 6. The van der Waals surface area contributed by atoms with E-state index in [2.05, 4.69) is 30.3 Å². The minimum atomic E-state index is -0.0899. The van der Waals surface area contributed by atoms with Crippen molar-refractivity contribution in [2.75, 3.05) is 11.1 Å². The molecule has 4 aromatic rings. The van der Waals surface area contributed by atoms with E-state index >= 15 is 0 Å². The van der Waals surface area contributed by atoms with Gasteiger partial charge in [-0.05, 0) is 36.4 Å². The van der Waals surface area contributed by atoms with E-state index in [4.69, 9.17) is 0 Å². The zero-order chi connectivity index (χ0) is 21.9. The van der Waals surface area contributed by atoms with E-state index in [0.29, 0.717) is 5.16 Å². The number of nitrogens with zero attached hydrogens (tertiary/aromatic N) is 6. The smallest absolute Gasteiger partial charge is 0.234 e. The minimum Gasteiger partial charge on any atom is -0.325 e. The molecule has 0 bridgehead atoms. The fourth-order valence-electron chi connectivity index (χ4n) is 3.82. The van der Waals surface area contributed by atoms with Gasteiger partial charge in [0.25, 0.3) is 0 Å². The zero-order valence-electron chi connectivity index (χ0n) is 17.7. The maximum Gasteiger partial charge on any atom is 0.234 e. The Hall–Kier alpha value is -2.98. The largest absolute Gasteiger partial charge is 0.325 e. The molecule has 10 heteroatoms. The molecule has 1 N–H and O–H groups in total. The van der Waals surface area contributed by atoms with Gasteiger partial charge in [-0.1, -0.05) is 36.4 Å². The van der Waals surface area contributed by atoms with Gasteiger partial charge in [0.2, 0.25) is 5.91 Å². The predicted molar refractivity (Wildman–Crippen MR) is 127 cm³/mol. The predicted octanol–water partition coefficient (Wildman–Crippen LogP) is 4.26. The van der Waals surface area contributed by atoms with Crippen LogP contribution in [0.5, 0.6) is 0 Å². The lowest BCUT2D eigenvalue weighted by molar-refractivity contribution is -0.113. The van der Waals surface area contributed by atoms with Gasteiger partial charge in [-0.2, -0.15) is 0 Å². The third-order valence-electron chi connectivity index (χ3n) is 5.42. The van der Waals surface area contributed by atoms with E-state index in [1.165, 1.54) is 18.2 Å². The van der Waals surface area contributed by atoms with Crippen LogP contribution in [0.4, 0.5) is 5.69 Å². The summed E-state index contributed by atoms with van der Waals surface area (Å²) < 4.78 is 4.13. The lowest BCUT2D eigenvalue weighted by Crippen LogP contribution is -2.14. The highest BCUT2D eigenvalue weighted by Gasteiger charge is 2.17. The molecule has 164 valence electrons. The molecule has 0 spiro atoms. The van der Waals surface area contributed by atoms with Crippen molar-refractivity contribution in [2.24, 2.45) is 7.05 Å². The average Bonchev–Trinajstić information content (AvgIpc) is 3.50. The summed E-state index contributed by atoms with van der Waals surface area (Å²) in [5, 5.41) is 23.0. The lowest BCUT2D eigenvalue weighted by atomic mass is 10.2. The van der Waals surface area contributed by atoms with Crippen molar-refractivity contribution in [3.05, 3.63) is 47.6 Å². The topological polar surface area (TPSA) is 90.5 Å². The Bertz CT molecular complexity index is 1230. The van der Waals surface area contributed by atoms with Gasteiger partial charge in [0.15, 0.2) is 16.8 Å². The van der Waals surface area contributed by atoms with E-state index in [-0.39, 0.29) is 11.7 Å². The van der Waals surface area contributed by atoms with Crippen LogP contribution < -0.4 is 5.32 Å². The molecule has 0 saturated heterocycles. The van der Waals surface area contributed by atoms with Crippen molar-refractivity contribution in [3.63, 3.8) is 0 Å². The van der Waals surface area contributed by atoms with Crippen LogP contribution in [-0.2, 0) is 24.8 Å². The molecule has 0 atom stereocenters. The number of aryl methyl sites for hydroxylation is 1. The molecule has 1 aromatic carbocycles. The van der Waals surface area contributed by atoms with Crippen molar-refractivity contribution in [3.8, 4) is 22.1 Å². The molecule has 32 heavy (non-hydrogen) atoms. The first-order chi connectivity index (χ1) is 15.7. The van der Waals surface area contributed by atoms with Crippen molar-refractivity contribution >= 4 is 34.7 Å². The van der Waals surface area contributed by atoms with Gasteiger partial charge in [-0.3, -0.25) is 4.79 Å². The van der Waals surface area contributed by atoms with Crippen LogP contribution in [0.1, 0.15) is 25.1 Å². The number of hydrogen-bond donors (Lipinski definition) is 1. The Morgan fingerprint density at radius 1 is 1.09 bits per heavy atom. The molecule has 0 fully saturated rings. The van der Waals surface area contributed by atoms with Crippen molar-refractivity contribution in [1.82, 2.24) is 29.5 Å². The van der Waals surface area contributed by atoms with Gasteiger partial charge in [0, 0.05) is 31.3 Å². The molecular formula is C22H23N7OS2. The van der Waals surface area contributed by atoms with Gasteiger partial charge < -0.3 is 14.5 Å². The summed E-state index contributed by atoms with van der Waals surface area (Å²) in [5.41, 5.74) is 1.71. The molecule has 0 saturated carbocycles. The van der Waals surface area contributed by atoms with Crippen LogP contribution in [0, 0.1) is 0 Å². The molecule has 1 aliphatic heterocycles. The summed E-state index contributed by atoms with van der Waals surface area (Å²) in [7, 11) is 1.92. The first-order valence-corrected chi connectivity index (χ1v) is 12.4. The molecular weight excluding hydrogens is 442 g/mol. The van der Waals surface area contributed by atoms with Crippen molar-refractivity contribution in [1.29, 1.82) is 0 Å². The molecule has 0 aliphatic carbocycles. The number of rotatable bonds is 6. The van der Waals surface area contributed by atoms with Gasteiger partial charge in [-0.25, -0.2) is 0 Å². The second-order valence-corrected chi connectivity index (χ2v) is 9.55. The molecule has 8 nitrogen and oxygen atoms in total. The van der Waals surface area contributed by atoms with E-state index in [1.807, 2.05) is 53.4 Å². The van der Waals surface area contributed by atoms with Crippen LogP contribution in [-0.4, -0.2) is 41.2 Å². The molecule has 0 radical (unpaired) electrons. The fraction of sp³-hybridized carbons (Fsp3) is 0.318. The summed E-state index contributed by atoms with van der Waals surface area (Å²) >= 11 is 2.99. The highest BCUT2D eigenvalue weighted by atomic mass is 32.2. The number of benzene rings is 1. The van der Waals surface area contributed by atoms with Crippen molar-refractivity contribution in [2.45, 2.75) is 37.4 Å². The number of carbonyl (C=O) groups is 1. The number of carbonyl (C=O) groups excluding carboxylic acids is 1. The number of nitrogens with one attached hydrogen (secondary N) is 1. The van der Waals surface area contributed by atoms with Crippen LogP contribution >= 0.6 is 23.1 Å². The molecule has 4 heterocycles. The van der Waals surface area contributed by atoms with Gasteiger partial charge in [0.1, 0.15) is 5.82 Å². The fourth-order valence-corrected chi connectivity index (χ4v) is 5.28. The number of thiophene rings is 1. The number of anilines is 1. The van der Waals surface area contributed by atoms with Gasteiger partial charge in [-0.15, -0.1) is 31.7 Å². The van der Waals surface area contributed by atoms with Gasteiger partial charge in [0.05, 0.1) is 10.6 Å². The standard InChI is InChI=1S/C22H23N7OS2/c1-28-21(17-9-6-12-31-17)26-27-22(28)32-14-19(30)23-16-8-5-7-15(13-16)20-25-24-18-10-3-2-4-11-29(18)20/h5-9,12-13H,2-4,10-11,14H2,1H3,(H,23,30). The summed E-state index contributed by atoms with van der Waals surface area (Å²) in [6.45, 7) is 0.941. The first kappa shape index (κ1) is 20.9. The Balaban J connectivity index is 1.25.